The number of aromatic nitrogens is 1. The van der Waals surface area contributed by atoms with E-state index in [0.29, 0.717) is 0 Å². The molecule has 4 nitrogen and oxygen atoms in total. The largest absolute Gasteiger partial charge is 0.489 e. The summed E-state index contributed by atoms with van der Waals surface area (Å²) in [4.78, 5) is 9.31. The maximum absolute atomic E-state index is 13.0. The van der Waals surface area contributed by atoms with Crippen LogP contribution in [0.25, 0.3) is 10.9 Å². The minimum Gasteiger partial charge on any atom is -0.489 e. The number of aryl methyl sites for hydroxylation is 1. The molecule has 0 amide bonds. The molecular formula is C26H30F3N3O. The molecule has 1 aromatic heterocycles. The first kappa shape index (κ1) is 23.2. The number of hydrogen-bond acceptors (Lipinski definition) is 4. The lowest BCUT2D eigenvalue weighted by molar-refractivity contribution is -0.137. The van der Waals surface area contributed by atoms with Gasteiger partial charge in [-0.15, -0.1) is 0 Å². The Morgan fingerprint density at radius 2 is 1.73 bits per heavy atom. The normalized spacial score (nSPS) is 14.9. The molecule has 0 saturated carbocycles. The molecule has 0 bridgehead atoms. The van der Waals surface area contributed by atoms with Crippen molar-refractivity contribution in [3.05, 3.63) is 59.2 Å². The van der Waals surface area contributed by atoms with Gasteiger partial charge in [0.2, 0.25) is 0 Å². The van der Waals surface area contributed by atoms with E-state index in [1.165, 1.54) is 37.4 Å². The predicted molar refractivity (Wildman–Crippen MR) is 127 cm³/mol. The maximum Gasteiger partial charge on any atom is 0.416 e. The summed E-state index contributed by atoms with van der Waals surface area (Å²) in [6.07, 6.45) is 0.493. The van der Waals surface area contributed by atoms with Crippen molar-refractivity contribution in [2.45, 2.75) is 45.4 Å². The molecule has 3 aromatic rings. The Labute approximate surface area is 193 Å². The van der Waals surface area contributed by atoms with E-state index >= 15 is 0 Å². The van der Waals surface area contributed by atoms with E-state index in [2.05, 4.69) is 17.0 Å². The summed E-state index contributed by atoms with van der Waals surface area (Å²) in [5.74, 6) is 1.08. The molecule has 2 aromatic carbocycles. The van der Waals surface area contributed by atoms with Gasteiger partial charge in [0.1, 0.15) is 18.2 Å². The third kappa shape index (κ3) is 5.34. The molecule has 0 unspecified atom stereocenters. The Kier molecular flexibility index (Phi) is 6.68. The Morgan fingerprint density at radius 3 is 2.39 bits per heavy atom. The highest BCUT2D eigenvalue weighted by Gasteiger charge is 2.30. The van der Waals surface area contributed by atoms with Crippen molar-refractivity contribution in [2.24, 2.45) is 0 Å². The van der Waals surface area contributed by atoms with Gasteiger partial charge in [0, 0.05) is 44.3 Å². The Balaban J connectivity index is 1.67. The van der Waals surface area contributed by atoms with Crippen LogP contribution >= 0.6 is 0 Å². The summed E-state index contributed by atoms with van der Waals surface area (Å²) in [6.45, 7) is 4.25. The Bertz CT molecular complexity index is 1120. The van der Waals surface area contributed by atoms with Crippen LogP contribution in [0.4, 0.5) is 24.7 Å². The molecule has 0 spiro atoms. The van der Waals surface area contributed by atoms with E-state index < -0.39 is 11.7 Å². The van der Waals surface area contributed by atoms with Crippen molar-refractivity contribution >= 4 is 22.4 Å². The molecule has 0 N–H and O–H groups in total. The van der Waals surface area contributed by atoms with Crippen LogP contribution in [-0.4, -0.2) is 32.2 Å². The third-order valence-corrected chi connectivity index (χ3v) is 6.19. The highest BCUT2D eigenvalue weighted by atomic mass is 19.4. The monoisotopic (exact) mass is 457 g/mol. The van der Waals surface area contributed by atoms with Gasteiger partial charge in [0.15, 0.2) is 0 Å². The summed E-state index contributed by atoms with van der Waals surface area (Å²) in [6, 6.07) is 11.3. The summed E-state index contributed by atoms with van der Waals surface area (Å²) in [7, 11) is 3.96. The van der Waals surface area contributed by atoms with Crippen molar-refractivity contribution in [3.8, 4) is 5.75 Å². The zero-order valence-corrected chi connectivity index (χ0v) is 19.4. The lowest BCUT2D eigenvalue weighted by Gasteiger charge is -2.26. The molecule has 7 heteroatoms. The number of rotatable bonds is 5. The summed E-state index contributed by atoms with van der Waals surface area (Å²) in [5.41, 5.74) is 3.29. The fraction of sp³-hybridized carbons (Fsp3) is 0.423. The second kappa shape index (κ2) is 9.49. The number of anilines is 2. The molecule has 1 aliphatic heterocycles. The van der Waals surface area contributed by atoms with Gasteiger partial charge in [-0.1, -0.05) is 18.9 Å². The number of halogens is 3. The van der Waals surface area contributed by atoms with Crippen molar-refractivity contribution < 1.29 is 17.9 Å². The lowest BCUT2D eigenvalue weighted by atomic mass is 10.0. The minimum atomic E-state index is -4.39. The molecule has 1 fully saturated rings. The van der Waals surface area contributed by atoms with Gasteiger partial charge in [-0.25, -0.2) is 4.98 Å². The van der Waals surface area contributed by atoms with Gasteiger partial charge in [-0.3, -0.25) is 0 Å². The second-order valence-corrected chi connectivity index (χ2v) is 8.91. The summed E-state index contributed by atoms with van der Waals surface area (Å²) >= 11 is 0. The quantitative estimate of drug-likeness (QED) is 0.432. The van der Waals surface area contributed by atoms with Crippen LogP contribution in [0.1, 0.15) is 42.4 Å². The van der Waals surface area contributed by atoms with Crippen LogP contribution < -0.4 is 14.5 Å². The average molecular weight is 458 g/mol. The van der Waals surface area contributed by atoms with Gasteiger partial charge < -0.3 is 14.5 Å². The zero-order chi connectivity index (χ0) is 23.6. The number of nitrogens with zero attached hydrogens (tertiary/aromatic N) is 3. The van der Waals surface area contributed by atoms with E-state index in [4.69, 9.17) is 9.72 Å². The second-order valence-electron chi connectivity index (χ2n) is 8.91. The van der Waals surface area contributed by atoms with Crippen LogP contribution in [0.5, 0.6) is 5.75 Å². The van der Waals surface area contributed by atoms with Crippen molar-refractivity contribution in [1.29, 1.82) is 0 Å². The number of benzene rings is 2. The van der Waals surface area contributed by atoms with Crippen LogP contribution in [0.3, 0.4) is 0 Å². The highest BCUT2D eigenvalue weighted by molar-refractivity contribution is 5.94. The van der Waals surface area contributed by atoms with Crippen LogP contribution in [0.2, 0.25) is 0 Å². The average Bonchev–Trinajstić information content (AvgIpc) is 3.06. The molecule has 2 heterocycles. The molecule has 0 atom stereocenters. The number of pyridine rings is 1. The first-order chi connectivity index (χ1) is 15.7. The molecule has 1 aliphatic rings. The van der Waals surface area contributed by atoms with Crippen LogP contribution in [-0.2, 0) is 12.8 Å². The van der Waals surface area contributed by atoms with E-state index in [-0.39, 0.29) is 12.4 Å². The van der Waals surface area contributed by atoms with Crippen molar-refractivity contribution in [2.75, 3.05) is 37.0 Å². The number of ether oxygens (including phenoxy) is 1. The number of alkyl halides is 3. The van der Waals surface area contributed by atoms with E-state index in [0.717, 1.165) is 53.1 Å². The Hall–Kier alpha value is -2.96. The molecule has 4 rings (SSSR count). The Morgan fingerprint density at radius 1 is 1.00 bits per heavy atom. The first-order valence-corrected chi connectivity index (χ1v) is 11.4. The van der Waals surface area contributed by atoms with Crippen LogP contribution in [0, 0.1) is 6.92 Å². The third-order valence-electron chi connectivity index (χ3n) is 6.19. The van der Waals surface area contributed by atoms with Gasteiger partial charge in [-0.2, -0.15) is 13.2 Å². The topological polar surface area (TPSA) is 28.6 Å². The smallest absolute Gasteiger partial charge is 0.416 e. The predicted octanol–water partition coefficient (Wildman–Crippen LogP) is 6.59. The van der Waals surface area contributed by atoms with Crippen LogP contribution in [0.15, 0.2) is 42.5 Å². The molecule has 0 aliphatic carbocycles. The van der Waals surface area contributed by atoms with Gasteiger partial charge in [0.05, 0.1) is 11.1 Å². The fourth-order valence-corrected chi connectivity index (χ4v) is 4.27. The summed E-state index contributed by atoms with van der Waals surface area (Å²) in [5, 5.41) is 1.10. The van der Waals surface area contributed by atoms with Crippen molar-refractivity contribution in [3.63, 3.8) is 0 Å². The molecule has 0 radical (unpaired) electrons. The highest BCUT2D eigenvalue weighted by Crippen LogP contribution is 2.34. The van der Waals surface area contributed by atoms with Gasteiger partial charge in [0.25, 0.3) is 0 Å². The molecular weight excluding hydrogens is 427 g/mol. The lowest BCUT2D eigenvalue weighted by Crippen LogP contribution is -2.25. The number of fused-ring (bicyclic) bond motifs is 1. The molecule has 33 heavy (non-hydrogen) atoms. The molecule has 1 saturated heterocycles. The van der Waals surface area contributed by atoms with E-state index in [1.807, 2.05) is 32.0 Å². The fourth-order valence-electron chi connectivity index (χ4n) is 4.27. The van der Waals surface area contributed by atoms with E-state index in [1.54, 1.807) is 6.07 Å². The van der Waals surface area contributed by atoms with Gasteiger partial charge in [-0.05, 0) is 61.2 Å². The first-order valence-electron chi connectivity index (χ1n) is 11.4. The zero-order valence-electron chi connectivity index (χ0n) is 19.4. The van der Waals surface area contributed by atoms with E-state index in [9.17, 15) is 13.2 Å². The number of hydrogen-bond donors (Lipinski definition) is 0. The molecule has 176 valence electrons. The minimum absolute atomic E-state index is 0.177. The van der Waals surface area contributed by atoms with Crippen molar-refractivity contribution in [1.82, 2.24) is 4.98 Å². The SMILES string of the molecule is Cc1cc2c(N3CCCCCC3)cc(N(C)C)nc2cc1COc1cccc(C(F)(F)F)c1. The maximum atomic E-state index is 13.0. The summed E-state index contributed by atoms with van der Waals surface area (Å²) < 4.78 is 44.8. The standard InChI is InChI=1S/C26H30F3N3O/c1-18-13-22-23(14-19(18)17-33-21-10-8-9-20(15-21)26(27,28)29)30-25(31(2)3)16-24(22)32-11-6-4-5-7-12-32/h8-10,13-16H,4-7,11-12,17H2,1-3H3. The van der Waals surface area contributed by atoms with Gasteiger partial charge >= 0.3 is 6.18 Å².